The molecule has 0 spiro atoms. The van der Waals surface area contributed by atoms with Crippen LogP contribution < -0.4 is 22.1 Å². The lowest BCUT2D eigenvalue weighted by Crippen LogP contribution is -2.41. The number of carbonyl (C=O) groups is 1. The smallest absolute Gasteiger partial charge is 0.249 e. The summed E-state index contributed by atoms with van der Waals surface area (Å²) in [6.07, 6.45) is 7.65. The third-order valence-corrected chi connectivity index (χ3v) is 6.29. The number of rotatable bonds is 9. The monoisotopic (exact) mass is 464 g/mol. The maximum atomic E-state index is 12.8. The topological polar surface area (TPSA) is 133 Å². The van der Waals surface area contributed by atoms with Crippen LogP contribution in [0.5, 0.6) is 0 Å². The van der Waals surface area contributed by atoms with Crippen LogP contribution in [0.2, 0.25) is 0 Å². The number of quaternary nitrogens is 1. The van der Waals surface area contributed by atoms with E-state index in [1.165, 1.54) is 11.1 Å². The maximum absolute atomic E-state index is 12.8. The first-order valence-electron chi connectivity index (χ1n) is 11.7. The number of nitrogens with zero attached hydrogens (tertiary/aromatic N) is 3. The standard InChI is InChI=1S/C25H33N7O2/c1-16(7-21(28-2)10-20(27)11-26)34-15-24(33)32-13-19-12-29-25(31-23(19)14-32)30-22-8-17-5-3-4-6-18(17)9-22/h3-6,10-12,16,22,28H,7-9,13-15,26-27H2,1-2H3,(H,29,30,31)/p+1. The highest BCUT2D eigenvalue weighted by molar-refractivity contribution is 5.78. The van der Waals surface area contributed by atoms with Gasteiger partial charge in [-0.2, -0.15) is 0 Å². The van der Waals surface area contributed by atoms with Gasteiger partial charge in [0.15, 0.2) is 0 Å². The van der Waals surface area contributed by atoms with E-state index in [1.807, 2.05) is 26.2 Å². The molecular weight excluding hydrogens is 430 g/mol. The second-order valence-corrected chi connectivity index (χ2v) is 8.88. The molecule has 0 fully saturated rings. The number of nitrogens with one attached hydrogen (secondary N) is 2. The molecule has 1 aliphatic heterocycles. The van der Waals surface area contributed by atoms with Crippen molar-refractivity contribution in [1.82, 2.24) is 20.2 Å². The zero-order valence-electron chi connectivity index (χ0n) is 19.9. The third kappa shape index (κ3) is 5.73. The molecule has 180 valence electrons. The Labute approximate surface area is 200 Å². The minimum absolute atomic E-state index is 0.0195. The summed E-state index contributed by atoms with van der Waals surface area (Å²) < 4.78 is 5.81. The number of amides is 1. The molecule has 0 bridgehead atoms. The lowest BCUT2D eigenvalue weighted by Gasteiger charge is -2.19. The van der Waals surface area contributed by atoms with Gasteiger partial charge in [0.2, 0.25) is 11.9 Å². The molecule has 1 unspecified atom stereocenters. The van der Waals surface area contributed by atoms with E-state index in [9.17, 15) is 4.79 Å². The van der Waals surface area contributed by atoms with Crippen molar-refractivity contribution in [1.29, 1.82) is 0 Å². The summed E-state index contributed by atoms with van der Waals surface area (Å²) in [7, 11) is 1.83. The summed E-state index contributed by atoms with van der Waals surface area (Å²) in [5, 5.41) is 6.57. The summed E-state index contributed by atoms with van der Waals surface area (Å²) in [6.45, 7) is 2.94. The molecule has 9 nitrogen and oxygen atoms in total. The van der Waals surface area contributed by atoms with Gasteiger partial charge in [0.25, 0.3) is 0 Å². The molecule has 1 aliphatic carbocycles. The Morgan fingerprint density at radius 2 is 2.03 bits per heavy atom. The maximum Gasteiger partial charge on any atom is 0.249 e. The molecular formula is C25H34N7O2+. The summed E-state index contributed by atoms with van der Waals surface area (Å²) in [5.41, 5.74) is 15.6. The number of anilines is 1. The third-order valence-electron chi connectivity index (χ3n) is 6.29. The van der Waals surface area contributed by atoms with Crippen LogP contribution in [0.4, 0.5) is 5.95 Å². The van der Waals surface area contributed by atoms with Crippen LogP contribution in [0.15, 0.2) is 54.1 Å². The van der Waals surface area contributed by atoms with Crippen molar-refractivity contribution in [3.05, 3.63) is 76.5 Å². The first-order chi connectivity index (χ1) is 16.4. The van der Waals surface area contributed by atoms with Crippen LogP contribution in [0.25, 0.3) is 0 Å². The Morgan fingerprint density at radius 3 is 2.71 bits per heavy atom. The number of nitrogens with two attached hydrogens (primary N) is 1. The molecule has 1 amide bonds. The molecule has 1 aromatic carbocycles. The Kier molecular flexibility index (Phi) is 7.44. The van der Waals surface area contributed by atoms with Gasteiger partial charge in [0.1, 0.15) is 12.8 Å². The molecule has 0 saturated carbocycles. The number of carbonyl (C=O) groups excluding carboxylic acids is 1. The van der Waals surface area contributed by atoms with Gasteiger partial charge in [-0.1, -0.05) is 24.3 Å². The van der Waals surface area contributed by atoms with Crippen LogP contribution in [-0.4, -0.2) is 46.6 Å². The molecule has 7 N–H and O–H groups in total. The minimum Gasteiger partial charge on any atom is -0.394 e. The number of allylic oxidation sites excluding steroid dienone is 1. The van der Waals surface area contributed by atoms with Crippen LogP contribution >= 0.6 is 0 Å². The Morgan fingerprint density at radius 1 is 1.29 bits per heavy atom. The minimum atomic E-state index is -0.142. The highest BCUT2D eigenvalue weighted by atomic mass is 16.5. The number of ether oxygens (including phenoxy) is 1. The average Bonchev–Trinajstić information content (AvgIpc) is 3.45. The molecule has 2 heterocycles. The fraction of sp³-hybridized carbons (Fsp3) is 0.400. The van der Waals surface area contributed by atoms with E-state index in [2.05, 4.69) is 45.6 Å². The number of hydrogen-bond acceptors (Lipinski definition) is 7. The molecule has 0 saturated heterocycles. The highest BCUT2D eigenvalue weighted by Gasteiger charge is 2.27. The number of hydrogen-bond donors (Lipinski definition) is 4. The fourth-order valence-corrected chi connectivity index (χ4v) is 4.41. The highest BCUT2D eigenvalue weighted by Crippen LogP contribution is 2.25. The van der Waals surface area contributed by atoms with Crippen LogP contribution in [-0.2, 0) is 35.5 Å². The van der Waals surface area contributed by atoms with Crippen molar-refractivity contribution in [3.63, 3.8) is 0 Å². The summed E-state index contributed by atoms with van der Waals surface area (Å²) in [4.78, 5) is 23.7. The number of benzene rings is 1. The van der Waals surface area contributed by atoms with E-state index < -0.39 is 0 Å². The van der Waals surface area contributed by atoms with Crippen LogP contribution in [0.1, 0.15) is 35.7 Å². The second kappa shape index (κ2) is 10.7. The van der Waals surface area contributed by atoms with Crippen molar-refractivity contribution >= 4 is 11.9 Å². The molecule has 9 heteroatoms. The van der Waals surface area contributed by atoms with Gasteiger partial charge in [0.05, 0.1) is 24.0 Å². The zero-order chi connectivity index (χ0) is 24.1. The summed E-state index contributed by atoms with van der Waals surface area (Å²) >= 11 is 0. The van der Waals surface area contributed by atoms with Crippen molar-refractivity contribution in [2.45, 2.75) is 51.4 Å². The van der Waals surface area contributed by atoms with Gasteiger partial charge in [0, 0.05) is 43.5 Å². The van der Waals surface area contributed by atoms with Gasteiger partial charge >= 0.3 is 0 Å². The van der Waals surface area contributed by atoms with Gasteiger partial charge in [-0.15, -0.1) is 0 Å². The van der Waals surface area contributed by atoms with E-state index in [4.69, 9.17) is 15.5 Å². The lowest BCUT2D eigenvalue weighted by atomic mass is 10.1. The fourth-order valence-electron chi connectivity index (χ4n) is 4.41. The molecule has 1 atom stereocenters. The molecule has 0 radical (unpaired) electrons. The Balaban J connectivity index is 1.27. The van der Waals surface area contributed by atoms with E-state index >= 15 is 0 Å². The van der Waals surface area contributed by atoms with Crippen molar-refractivity contribution in [2.24, 2.45) is 5.73 Å². The predicted molar refractivity (Wildman–Crippen MR) is 130 cm³/mol. The molecule has 4 rings (SSSR count). The van der Waals surface area contributed by atoms with Crippen LogP contribution in [0.3, 0.4) is 0 Å². The summed E-state index contributed by atoms with van der Waals surface area (Å²) in [5.74, 6) is 0.565. The van der Waals surface area contributed by atoms with Gasteiger partial charge in [-0.05, 0) is 37.0 Å². The van der Waals surface area contributed by atoms with Crippen molar-refractivity contribution in [3.8, 4) is 0 Å². The first kappa shape index (κ1) is 23.7. The van der Waals surface area contributed by atoms with Gasteiger partial charge in [-0.3, -0.25) is 4.79 Å². The van der Waals surface area contributed by atoms with E-state index in [1.54, 1.807) is 11.1 Å². The van der Waals surface area contributed by atoms with Crippen LogP contribution in [0, 0.1) is 0 Å². The zero-order valence-corrected chi connectivity index (χ0v) is 19.9. The first-order valence-corrected chi connectivity index (χ1v) is 11.7. The number of fused-ring (bicyclic) bond motifs is 2. The Hall–Kier alpha value is -3.43. The largest absolute Gasteiger partial charge is 0.394 e. The van der Waals surface area contributed by atoms with Crippen molar-refractivity contribution < 1.29 is 15.3 Å². The van der Waals surface area contributed by atoms with E-state index in [-0.39, 0.29) is 18.6 Å². The van der Waals surface area contributed by atoms with Gasteiger partial charge in [-0.25, -0.2) is 9.97 Å². The van der Waals surface area contributed by atoms with E-state index in [0.717, 1.165) is 29.8 Å². The second-order valence-electron chi connectivity index (χ2n) is 8.88. The summed E-state index contributed by atoms with van der Waals surface area (Å²) in [6, 6.07) is 8.81. The Bertz CT molecular complexity index is 1070. The molecule has 1 aromatic heterocycles. The molecule has 2 aliphatic rings. The average molecular weight is 465 g/mol. The van der Waals surface area contributed by atoms with E-state index in [0.29, 0.717) is 37.2 Å². The predicted octanol–water partition coefficient (Wildman–Crippen LogP) is 0.839. The normalized spacial score (nSPS) is 16.9. The molecule has 34 heavy (non-hydrogen) atoms. The number of aromatic nitrogens is 2. The quantitative estimate of drug-likeness (QED) is 0.404. The molecule has 2 aromatic rings. The van der Waals surface area contributed by atoms with Gasteiger partial charge < -0.3 is 31.7 Å². The van der Waals surface area contributed by atoms with Crippen molar-refractivity contribution in [2.75, 3.05) is 19.0 Å². The lowest BCUT2D eigenvalue weighted by molar-refractivity contribution is -0.276. The SMILES string of the molecule is CNC(=CC(N)=C[NH3+])CC(C)OCC(=O)N1Cc2cnc(NC3Cc4ccccc4C3)nc2C1.